The molecule has 1 amide bonds. The summed E-state index contributed by atoms with van der Waals surface area (Å²) >= 11 is 0. The van der Waals surface area contributed by atoms with Crippen molar-refractivity contribution in [3.05, 3.63) is 0 Å². The summed E-state index contributed by atoms with van der Waals surface area (Å²) in [7, 11) is 4.03. The van der Waals surface area contributed by atoms with Crippen molar-refractivity contribution >= 4 is 5.91 Å². The predicted octanol–water partition coefficient (Wildman–Crippen LogP) is 0.298. The van der Waals surface area contributed by atoms with E-state index in [1.54, 1.807) is 0 Å². The molecule has 0 spiro atoms. The lowest BCUT2D eigenvalue weighted by Gasteiger charge is -2.21. The third kappa shape index (κ3) is 6.47. The summed E-state index contributed by atoms with van der Waals surface area (Å²) < 4.78 is 0. The van der Waals surface area contributed by atoms with Crippen molar-refractivity contribution < 1.29 is 4.79 Å². The quantitative estimate of drug-likeness (QED) is 0.642. The molecule has 90 valence electrons. The van der Waals surface area contributed by atoms with Crippen LogP contribution in [-0.4, -0.2) is 50.6 Å². The Hall–Kier alpha value is -0.610. The highest BCUT2D eigenvalue weighted by Gasteiger charge is 2.13. The molecule has 0 radical (unpaired) electrons. The van der Waals surface area contributed by atoms with Gasteiger partial charge in [0, 0.05) is 25.0 Å². The Labute approximate surface area is 93.4 Å². The maximum atomic E-state index is 11.6. The Bertz CT molecular complexity index is 183. The Morgan fingerprint density at radius 2 is 1.87 bits per heavy atom. The summed E-state index contributed by atoms with van der Waals surface area (Å²) in [6.45, 7) is 8.44. The van der Waals surface area contributed by atoms with Gasteiger partial charge in [-0.1, -0.05) is 13.8 Å². The van der Waals surface area contributed by atoms with Crippen LogP contribution in [0.25, 0.3) is 0 Å². The molecule has 2 atom stereocenters. The standard InChI is InChI=1S/C11H25N3O/c1-6-12-7-9(2)11(15)13-8-10(3)14(4)5/h9-10,12H,6-8H2,1-5H3,(H,13,15). The molecule has 0 bridgehead atoms. The molecule has 15 heavy (non-hydrogen) atoms. The number of likely N-dealkylation sites (N-methyl/N-ethyl adjacent to an activating group) is 1. The number of hydrogen-bond acceptors (Lipinski definition) is 3. The van der Waals surface area contributed by atoms with Crippen molar-refractivity contribution in [2.45, 2.75) is 26.8 Å². The topological polar surface area (TPSA) is 44.4 Å². The molecular weight excluding hydrogens is 190 g/mol. The fourth-order valence-corrected chi connectivity index (χ4v) is 1.06. The van der Waals surface area contributed by atoms with Crippen LogP contribution in [0.2, 0.25) is 0 Å². The highest BCUT2D eigenvalue weighted by atomic mass is 16.1. The number of hydrogen-bond donors (Lipinski definition) is 2. The van der Waals surface area contributed by atoms with Gasteiger partial charge in [-0.25, -0.2) is 0 Å². The lowest BCUT2D eigenvalue weighted by atomic mass is 10.1. The summed E-state index contributed by atoms with van der Waals surface area (Å²) in [6, 6.07) is 0.375. The monoisotopic (exact) mass is 215 g/mol. The second-order valence-electron chi connectivity index (χ2n) is 4.27. The van der Waals surface area contributed by atoms with Gasteiger partial charge in [0.05, 0.1) is 0 Å². The second kappa shape index (κ2) is 7.65. The molecule has 0 heterocycles. The predicted molar refractivity (Wildman–Crippen MR) is 63.9 cm³/mol. The fraction of sp³-hybridized carbons (Fsp3) is 0.909. The lowest BCUT2D eigenvalue weighted by molar-refractivity contribution is -0.124. The van der Waals surface area contributed by atoms with Crippen LogP contribution >= 0.6 is 0 Å². The molecule has 0 aromatic rings. The first-order chi connectivity index (χ1) is 6.99. The normalized spacial score (nSPS) is 15.1. The highest BCUT2D eigenvalue weighted by Crippen LogP contribution is 1.94. The average molecular weight is 215 g/mol. The number of carbonyl (C=O) groups excluding carboxylic acids is 1. The molecular formula is C11H25N3O. The van der Waals surface area contributed by atoms with Crippen molar-refractivity contribution in [2.24, 2.45) is 5.92 Å². The Morgan fingerprint density at radius 1 is 1.27 bits per heavy atom. The van der Waals surface area contributed by atoms with Gasteiger partial charge in [-0.2, -0.15) is 0 Å². The first kappa shape index (κ1) is 14.4. The van der Waals surface area contributed by atoms with Crippen LogP contribution < -0.4 is 10.6 Å². The molecule has 0 aromatic heterocycles. The van der Waals surface area contributed by atoms with Gasteiger partial charge in [0.15, 0.2) is 0 Å². The van der Waals surface area contributed by atoms with E-state index in [1.807, 2.05) is 27.9 Å². The highest BCUT2D eigenvalue weighted by molar-refractivity contribution is 5.78. The van der Waals surface area contributed by atoms with E-state index in [2.05, 4.69) is 22.5 Å². The second-order valence-corrected chi connectivity index (χ2v) is 4.27. The molecule has 0 saturated carbocycles. The minimum absolute atomic E-state index is 0.0410. The molecule has 2 unspecified atom stereocenters. The van der Waals surface area contributed by atoms with Gasteiger partial charge in [0.2, 0.25) is 5.91 Å². The molecule has 0 aliphatic heterocycles. The van der Waals surface area contributed by atoms with Crippen LogP contribution in [-0.2, 0) is 4.79 Å². The minimum Gasteiger partial charge on any atom is -0.354 e. The van der Waals surface area contributed by atoms with Gasteiger partial charge in [-0.3, -0.25) is 4.79 Å². The molecule has 0 aliphatic rings. The molecule has 0 aliphatic carbocycles. The summed E-state index contributed by atoms with van der Waals surface area (Å²) in [5.41, 5.74) is 0. The Morgan fingerprint density at radius 3 is 2.33 bits per heavy atom. The fourth-order valence-electron chi connectivity index (χ4n) is 1.06. The van der Waals surface area contributed by atoms with Crippen LogP contribution in [0.5, 0.6) is 0 Å². The summed E-state index contributed by atoms with van der Waals surface area (Å²) in [5.74, 6) is 0.170. The molecule has 2 N–H and O–H groups in total. The number of rotatable bonds is 7. The van der Waals surface area contributed by atoms with E-state index in [1.165, 1.54) is 0 Å². The minimum atomic E-state index is 0.0410. The lowest BCUT2D eigenvalue weighted by Crippen LogP contribution is -2.42. The van der Waals surface area contributed by atoms with E-state index in [4.69, 9.17) is 0 Å². The van der Waals surface area contributed by atoms with Gasteiger partial charge in [0.25, 0.3) is 0 Å². The SMILES string of the molecule is CCNCC(C)C(=O)NCC(C)N(C)C. The largest absolute Gasteiger partial charge is 0.354 e. The van der Waals surface area contributed by atoms with Crippen molar-refractivity contribution in [3.8, 4) is 0 Å². The number of carbonyl (C=O) groups is 1. The van der Waals surface area contributed by atoms with E-state index in [0.29, 0.717) is 12.6 Å². The maximum Gasteiger partial charge on any atom is 0.224 e. The van der Waals surface area contributed by atoms with Crippen LogP contribution in [0.4, 0.5) is 0 Å². The van der Waals surface area contributed by atoms with Gasteiger partial charge < -0.3 is 15.5 Å². The molecule has 0 fully saturated rings. The first-order valence-electron chi connectivity index (χ1n) is 5.63. The van der Waals surface area contributed by atoms with Crippen molar-refractivity contribution in [2.75, 3.05) is 33.7 Å². The molecule has 4 heteroatoms. The van der Waals surface area contributed by atoms with Crippen LogP contribution in [0.15, 0.2) is 0 Å². The van der Waals surface area contributed by atoms with Crippen LogP contribution in [0.3, 0.4) is 0 Å². The van der Waals surface area contributed by atoms with E-state index in [-0.39, 0.29) is 11.8 Å². The van der Waals surface area contributed by atoms with Gasteiger partial charge in [-0.05, 0) is 27.6 Å². The van der Waals surface area contributed by atoms with E-state index < -0.39 is 0 Å². The van der Waals surface area contributed by atoms with Crippen LogP contribution in [0.1, 0.15) is 20.8 Å². The van der Waals surface area contributed by atoms with Gasteiger partial charge >= 0.3 is 0 Å². The molecule has 0 saturated heterocycles. The van der Waals surface area contributed by atoms with Crippen molar-refractivity contribution in [1.29, 1.82) is 0 Å². The zero-order valence-electron chi connectivity index (χ0n) is 10.6. The number of nitrogens with one attached hydrogen (secondary N) is 2. The molecule has 0 rings (SSSR count). The number of nitrogens with zero attached hydrogens (tertiary/aromatic N) is 1. The zero-order valence-corrected chi connectivity index (χ0v) is 10.6. The van der Waals surface area contributed by atoms with E-state index in [9.17, 15) is 4.79 Å². The van der Waals surface area contributed by atoms with Crippen LogP contribution in [0, 0.1) is 5.92 Å². The summed E-state index contributed by atoms with van der Waals surface area (Å²) in [6.07, 6.45) is 0. The Balaban J connectivity index is 3.73. The summed E-state index contributed by atoms with van der Waals surface area (Å²) in [5, 5.41) is 6.12. The maximum absolute atomic E-state index is 11.6. The average Bonchev–Trinajstić information content (AvgIpc) is 2.21. The third-order valence-corrected chi connectivity index (χ3v) is 2.60. The third-order valence-electron chi connectivity index (χ3n) is 2.60. The molecule has 4 nitrogen and oxygen atoms in total. The first-order valence-corrected chi connectivity index (χ1v) is 5.63. The van der Waals surface area contributed by atoms with E-state index in [0.717, 1.165) is 13.1 Å². The smallest absolute Gasteiger partial charge is 0.224 e. The van der Waals surface area contributed by atoms with Gasteiger partial charge in [0.1, 0.15) is 0 Å². The zero-order chi connectivity index (χ0) is 11.8. The van der Waals surface area contributed by atoms with Crippen molar-refractivity contribution in [3.63, 3.8) is 0 Å². The van der Waals surface area contributed by atoms with Gasteiger partial charge in [-0.15, -0.1) is 0 Å². The number of amides is 1. The van der Waals surface area contributed by atoms with Crippen molar-refractivity contribution in [1.82, 2.24) is 15.5 Å². The Kier molecular flexibility index (Phi) is 7.34. The summed E-state index contributed by atoms with van der Waals surface area (Å²) in [4.78, 5) is 13.7. The molecule has 0 aromatic carbocycles. The van der Waals surface area contributed by atoms with E-state index >= 15 is 0 Å².